The van der Waals surface area contributed by atoms with Gasteiger partial charge < -0.3 is 15.5 Å². The van der Waals surface area contributed by atoms with Crippen LogP contribution in [0.2, 0.25) is 0 Å². The largest absolute Gasteiger partial charge is 0.464 e. The first-order valence-corrected chi connectivity index (χ1v) is 9.14. The normalized spacial score (nSPS) is 11.0. The molecule has 7 heteroatoms. The number of nitrogens with zero attached hydrogens (tertiary/aromatic N) is 2. The van der Waals surface area contributed by atoms with E-state index in [1.807, 2.05) is 19.9 Å². The first kappa shape index (κ1) is 18.5. The third-order valence-electron chi connectivity index (χ3n) is 4.88. The van der Waals surface area contributed by atoms with E-state index in [1.165, 1.54) is 0 Å². The van der Waals surface area contributed by atoms with Gasteiger partial charge in [-0.15, -0.1) is 0 Å². The Hall–Kier alpha value is -3.87. The molecule has 0 bridgehead atoms. The van der Waals surface area contributed by atoms with Gasteiger partial charge in [-0.2, -0.15) is 5.10 Å². The molecule has 2 aromatic carbocycles. The predicted molar refractivity (Wildman–Crippen MR) is 110 cm³/mol. The summed E-state index contributed by atoms with van der Waals surface area (Å²) in [5, 5.41) is 7.96. The predicted octanol–water partition coefficient (Wildman–Crippen LogP) is 3.52. The van der Waals surface area contributed by atoms with Crippen molar-refractivity contribution in [2.45, 2.75) is 20.3 Å². The summed E-state index contributed by atoms with van der Waals surface area (Å²) in [5.74, 6) is -0.710. The molecule has 0 saturated carbocycles. The Bertz CT molecular complexity index is 1220. The van der Waals surface area contributed by atoms with Crippen LogP contribution in [0, 0.1) is 13.8 Å². The van der Waals surface area contributed by atoms with Gasteiger partial charge in [0, 0.05) is 22.8 Å². The van der Waals surface area contributed by atoms with Crippen molar-refractivity contribution < 1.29 is 14.0 Å². The third-order valence-corrected chi connectivity index (χ3v) is 4.88. The highest BCUT2D eigenvalue weighted by atomic mass is 16.3. The highest BCUT2D eigenvalue weighted by Crippen LogP contribution is 2.25. The van der Waals surface area contributed by atoms with Crippen molar-refractivity contribution in [3.8, 4) is 5.69 Å². The van der Waals surface area contributed by atoms with Gasteiger partial charge in [0.2, 0.25) is 5.91 Å². The summed E-state index contributed by atoms with van der Waals surface area (Å²) < 4.78 is 7.15. The highest BCUT2D eigenvalue weighted by molar-refractivity contribution is 5.95. The van der Waals surface area contributed by atoms with Gasteiger partial charge in [0.15, 0.2) is 0 Å². The van der Waals surface area contributed by atoms with Crippen molar-refractivity contribution in [2.24, 2.45) is 5.73 Å². The lowest BCUT2D eigenvalue weighted by Crippen LogP contribution is -2.14. The zero-order valence-corrected chi connectivity index (χ0v) is 16.1. The van der Waals surface area contributed by atoms with Gasteiger partial charge in [-0.05, 0) is 67.4 Å². The molecule has 3 N–H and O–H groups in total. The summed E-state index contributed by atoms with van der Waals surface area (Å²) in [7, 11) is 0. The maximum atomic E-state index is 12.5. The molecule has 4 rings (SSSR count). The average Bonchev–Trinajstić information content (AvgIpc) is 3.31. The Balaban J connectivity index is 1.46. The van der Waals surface area contributed by atoms with Crippen molar-refractivity contribution in [3.63, 3.8) is 0 Å². The van der Waals surface area contributed by atoms with Crippen LogP contribution in [0.5, 0.6) is 0 Å². The number of hydrogen-bond donors (Lipinski definition) is 2. The maximum Gasteiger partial charge on any atom is 0.269 e. The van der Waals surface area contributed by atoms with Crippen LogP contribution in [0.3, 0.4) is 0 Å². The van der Waals surface area contributed by atoms with Crippen LogP contribution in [0.25, 0.3) is 16.7 Å². The summed E-state index contributed by atoms with van der Waals surface area (Å²) in [6.45, 7) is 4.07. The van der Waals surface area contributed by atoms with E-state index in [9.17, 15) is 9.59 Å². The quantitative estimate of drug-likeness (QED) is 0.546. The fourth-order valence-corrected chi connectivity index (χ4v) is 3.15. The molecule has 0 saturated heterocycles. The summed E-state index contributed by atoms with van der Waals surface area (Å²) in [6.07, 6.45) is 3.51. The van der Waals surface area contributed by atoms with Crippen LogP contribution in [0.4, 0.5) is 5.69 Å². The Kier molecular flexibility index (Phi) is 4.64. The number of aryl methyl sites for hydroxylation is 2. The first-order valence-electron chi connectivity index (χ1n) is 9.14. The number of aromatic nitrogens is 2. The van der Waals surface area contributed by atoms with Crippen molar-refractivity contribution in [1.29, 1.82) is 0 Å². The fourth-order valence-electron chi connectivity index (χ4n) is 3.15. The second-order valence-corrected chi connectivity index (χ2v) is 6.98. The summed E-state index contributed by atoms with van der Waals surface area (Å²) in [6, 6.07) is 12.7. The lowest BCUT2D eigenvalue weighted by atomic mass is 10.0. The SMILES string of the molecule is Cc1cc2occ(CC(=O)Nc3ccc(-n4ccc(C(N)=O)n4)cc3)c2cc1C. The molecule has 0 aliphatic rings. The molecule has 7 nitrogen and oxygen atoms in total. The van der Waals surface area contributed by atoms with E-state index in [-0.39, 0.29) is 18.0 Å². The Morgan fingerprint density at radius 1 is 1.10 bits per heavy atom. The molecule has 0 fully saturated rings. The molecule has 2 aromatic heterocycles. The summed E-state index contributed by atoms with van der Waals surface area (Å²) in [4.78, 5) is 23.6. The van der Waals surface area contributed by atoms with Crippen molar-refractivity contribution >= 4 is 28.5 Å². The molecule has 2 heterocycles. The lowest BCUT2D eigenvalue weighted by Gasteiger charge is -2.07. The minimum absolute atomic E-state index is 0.131. The van der Waals surface area contributed by atoms with Crippen molar-refractivity contribution in [1.82, 2.24) is 9.78 Å². The number of primary amides is 1. The summed E-state index contributed by atoms with van der Waals surface area (Å²) in [5.41, 5.74) is 10.8. The molecule has 0 unspecified atom stereocenters. The molecule has 0 spiro atoms. The molecular weight excluding hydrogens is 368 g/mol. The third kappa shape index (κ3) is 3.75. The van der Waals surface area contributed by atoms with Crippen LogP contribution < -0.4 is 11.1 Å². The molecule has 0 aliphatic carbocycles. The van der Waals surface area contributed by atoms with Gasteiger partial charge in [0.05, 0.1) is 18.4 Å². The molecule has 29 heavy (non-hydrogen) atoms. The van der Waals surface area contributed by atoms with Crippen LogP contribution in [0.1, 0.15) is 27.2 Å². The standard InChI is InChI=1S/C22H20N4O3/c1-13-9-18-15(12-29-20(18)10-14(13)2)11-21(27)24-16-3-5-17(6-4-16)26-8-7-19(25-26)22(23)28/h3-10,12H,11H2,1-2H3,(H2,23,28)(H,24,27). The van der Waals surface area contributed by atoms with E-state index >= 15 is 0 Å². The van der Waals surface area contributed by atoms with Gasteiger partial charge in [0.1, 0.15) is 11.3 Å². The van der Waals surface area contributed by atoms with Crippen molar-refractivity contribution in [2.75, 3.05) is 5.32 Å². The minimum atomic E-state index is -0.579. The topological polar surface area (TPSA) is 103 Å². The van der Waals surface area contributed by atoms with Gasteiger partial charge in [-0.3, -0.25) is 9.59 Å². The van der Waals surface area contributed by atoms with Gasteiger partial charge in [-0.1, -0.05) is 0 Å². The highest BCUT2D eigenvalue weighted by Gasteiger charge is 2.12. The van der Waals surface area contributed by atoms with Crippen LogP contribution in [-0.4, -0.2) is 21.6 Å². The second-order valence-electron chi connectivity index (χ2n) is 6.98. The number of benzene rings is 2. The van der Waals surface area contributed by atoms with Crippen LogP contribution in [0.15, 0.2) is 59.3 Å². The minimum Gasteiger partial charge on any atom is -0.464 e. The van der Waals surface area contributed by atoms with Crippen LogP contribution >= 0.6 is 0 Å². The monoisotopic (exact) mass is 388 g/mol. The van der Waals surface area contributed by atoms with E-state index in [1.54, 1.807) is 47.5 Å². The molecule has 146 valence electrons. The second kappa shape index (κ2) is 7.27. The number of anilines is 1. The molecule has 0 radical (unpaired) electrons. The average molecular weight is 388 g/mol. The smallest absolute Gasteiger partial charge is 0.269 e. The molecule has 4 aromatic rings. The Morgan fingerprint density at radius 2 is 1.83 bits per heavy atom. The first-order chi connectivity index (χ1) is 13.9. The van der Waals surface area contributed by atoms with Gasteiger partial charge >= 0.3 is 0 Å². The fraction of sp³-hybridized carbons (Fsp3) is 0.136. The number of fused-ring (bicyclic) bond motifs is 1. The van der Waals surface area contributed by atoms with E-state index in [0.29, 0.717) is 5.69 Å². The summed E-state index contributed by atoms with van der Waals surface area (Å²) >= 11 is 0. The van der Waals surface area contributed by atoms with Gasteiger partial charge in [0.25, 0.3) is 5.91 Å². The molecular formula is C22H20N4O3. The number of nitrogens with two attached hydrogens (primary N) is 1. The molecule has 0 atom stereocenters. The number of amides is 2. The van der Waals surface area contributed by atoms with Crippen LogP contribution in [-0.2, 0) is 11.2 Å². The number of carbonyl (C=O) groups is 2. The maximum absolute atomic E-state index is 12.5. The lowest BCUT2D eigenvalue weighted by molar-refractivity contribution is -0.115. The van der Waals surface area contributed by atoms with Gasteiger partial charge in [-0.25, -0.2) is 4.68 Å². The number of carbonyl (C=O) groups excluding carboxylic acids is 2. The Morgan fingerprint density at radius 3 is 2.52 bits per heavy atom. The van der Waals surface area contributed by atoms with E-state index < -0.39 is 5.91 Å². The van der Waals surface area contributed by atoms with Crippen molar-refractivity contribution in [3.05, 3.63) is 77.3 Å². The van der Waals surface area contributed by atoms with E-state index in [4.69, 9.17) is 10.2 Å². The number of nitrogens with one attached hydrogen (secondary N) is 1. The van der Waals surface area contributed by atoms with E-state index in [0.717, 1.165) is 33.3 Å². The molecule has 0 aliphatic heterocycles. The zero-order valence-electron chi connectivity index (χ0n) is 16.1. The van der Waals surface area contributed by atoms with E-state index in [2.05, 4.69) is 16.5 Å². The number of hydrogen-bond acceptors (Lipinski definition) is 4. The Labute approximate surface area is 167 Å². The number of furan rings is 1. The number of rotatable bonds is 5. The zero-order chi connectivity index (χ0) is 20.5. The molecule has 2 amide bonds.